The Balaban J connectivity index is 3.00. The number of hydrogen-bond donors (Lipinski definition) is 2. The van der Waals surface area contributed by atoms with Gasteiger partial charge >= 0.3 is 0 Å². The molecule has 1 aromatic rings. The molecule has 0 fully saturated rings. The molecule has 3 nitrogen and oxygen atoms in total. The van der Waals surface area contributed by atoms with Crippen molar-refractivity contribution in [1.82, 2.24) is 10.3 Å². The first kappa shape index (κ1) is 15.2. The van der Waals surface area contributed by atoms with E-state index in [4.69, 9.17) is 5.84 Å². The fourth-order valence-corrected chi connectivity index (χ4v) is 2.20. The third kappa shape index (κ3) is 3.10. The monoisotopic (exact) mass is 249 g/mol. The molecule has 0 bridgehead atoms. The van der Waals surface area contributed by atoms with Crippen molar-refractivity contribution in [1.29, 1.82) is 0 Å². The summed E-state index contributed by atoms with van der Waals surface area (Å²) in [6, 6.07) is 6.65. The lowest BCUT2D eigenvalue weighted by atomic mass is 9.86. The number of nitrogens with one attached hydrogen (secondary N) is 1. The van der Waals surface area contributed by atoms with E-state index in [0.717, 1.165) is 6.42 Å². The van der Waals surface area contributed by atoms with Crippen LogP contribution in [0.25, 0.3) is 0 Å². The van der Waals surface area contributed by atoms with Crippen LogP contribution in [0.15, 0.2) is 18.2 Å². The summed E-state index contributed by atoms with van der Waals surface area (Å²) in [4.78, 5) is 2.21. The predicted molar refractivity (Wildman–Crippen MR) is 78.5 cm³/mol. The first-order chi connectivity index (χ1) is 8.30. The molecule has 0 aromatic heterocycles. The number of nitrogens with zero attached hydrogens (tertiary/aromatic N) is 1. The van der Waals surface area contributed by atoms with Crippen LogP contribution >= 0.6 is 0 Å². The average Bonchev–Trinajstić information content (AvgIpc) is 2.28. The number of hydrogen-bond acceptors (Lipinski definition) is 3. The van der Waals surface area contributed by atoms with Crippen molar-refractivity contribution in [3.05, 3.63) is 34.9 Å². The highest BCUT2D eigenvalue weighted by Crippen LogP contribution is 2.22. The topological polar surface area (TPSA) is 41.3 Å². The van der Waals surface area contributed by atoms with Gasteiger partial charge in [0, 0.05) is 11.6 Å². The molecule has 1 rings (SSSR count). The molecule has 0 aliphatic carbocycles. The molecule has 1 aromatic carbocycles. The van der Waals surface area contributed by atoms with Gasteiger partial charge in [0.15, 0.2) is 0 Å². The molecule has 102 valence electrons. The van der Waals surface area contributed by atoms with Gasteiger partial charge in [0.05, 0.1) is 0 Å². The molecule has 18 heavy (non-hydrogen) atoms. The minimum Gasteiger partial charge on any atom is -0.303 e. The van der Waals surface area contributed by atoms with Gasteiger partial charge in [-0.3, -0.25) is 11.3 Å². The van der Waals surface area contributed by atoms with Crippen LogP contribution in [0.2, 0.25) is 0 Å². The molecule has 1 atom stereocenters. The zero-order valence-corrected chi connectivity index (χ0v) is 12.5. The summed E-state index contributed by atoms with van der Waals surface area (Å²) in [5.74, 6) is 5.77. The van der Waals surface area contributed by atoms with Crippen LogP contribution in [0.3, 0.4) is 0 Å². The Labute approximate surface area is 111 Å². The predicted octanol–water partition coefficient (Wildman–Crippen LogP) is 2.02. The van der Waals surface area contributed by atoms with Crippen molar-refractivity contribution in [2.45, 2.75) is 45.7 Å². The van der Waals surface area contributed by atoms with Crippen LogP contribution < -0.4 is 11.3 Å². The lowest BCUT2D eigenvalue weighted by Crippen LogP contribution is -2.58. The summed E-state index contributed by atoms with van der Waals surface area (Å²) < 4.78 is 0. The standard InChI is InChI=1S/C15H27N3/c1-11-8-7-9-12(2)13(11)10-14(17-16)15(3,4)18(5)6/h7-9,14,17H,10,16H2,1-6H3. The molecule has 0 amide bonds. The smallest absolute Gasteiger partial charge is 0.0429 e. The van der Waals surface area contributed by atoms with Crippen molar-refractivity contribution < 1.29 is 0 Å². The third-order valence-corrected chi connectivity index (χ3v) is 4.26. The van der Waals surface area contributed by atoms with Gasteiger partial charge in [0.25, 0.3) is 0 Å². The van der Waals surface area contributed by atoms with E-state index in [1.807, 2.05) is 0 Å². The summed E-state index contributed by atoms with van der Waals surface area (Å²) in [5, 5.41) is 0. The van der Waals surface area contributed by atoms with E-state index in [1.165, 1.54) is 16.7 Å². The van der Waals surface area contributed by atoms with Gasteiger partial charge in [-0.15, -0.1) is 0 Å². The van der Waals surface area contributed by atoms with E-state index >= 15 is 0 Å². The second kappa shape index (κ2) is 5.83. The molecule has 0 saturated heterocycles. The van der Waals surface area contributed by atoms with Crippen LogP contribution in [-0.4, -0.2) is 30.6 Å². The maximum absolute atomic E-state index is 5.77. The summed E-state index contributed by atoms with van der Waals surface area (Å²) in [6.07, 6.45) is 0.945. The largest absolute Gasteiger partial charge is 0.303 e. The molecule has 3 heteroatoms. The van der Waals surface area contributed by atoms with E-state index in [0.29, 0.717) is 0 Å². The van der Waals surface area contributed by atoms with Crippen molar-refractivity contribution in [2.24, 2.45) is 5.84 Å². The zero-order valence-electron chi connectivity index (χ0n) is 12.5. The molecule has 0 saturated carbocycles. The second-order valence-electron chi connectivity index (χ2n) is 5.84. The van der Waals surface area contributed by atoms with Crippen molar-refractivity contribution in [3.8, 4) is 0 Å². The number of benzene rings is 1. The maximum atomic E-state index is 5.77. The van der Waals surface area contributed by atoms with E-state index in [1.54, 1.807) is 0 Å². The number of hydrazine groups is 1. The fraction of sp³-hybridized carbons (Fsp3) is 0.600. The highest BCUT2D eigenvalue weighted by Gasteiger charge is 2.31. The van der Waals surface area contributed by atoms with E-state index in [2.05, 4.69) is 70.3 Å². The zero-order chi connectivity index (χ0) is 13.9. The Morgan fingerprint density at radius 1 is 1.22 bits per heavy atom. The molecular formula is C15H27N3. The third-order valence-electron chi connectivity index (χ3n) is 4.26. The molecule has 3 N–H and O–H groups in total. The lowest BCUT2D eigenvalue weighted by molar-refractivity contribution is 0.137. The summed E-state index contributed by atoms with van der Waals surface area (Å²) in [7, 11) is 4.18. The molecule has 0 radical (unpaired) electrons. The minimum atomic E-state index is 0.00344. The van der Waals surface area contributed by atoms with Crippen molar-refractivity contribution in [2.75, 3.05) is 14.1 Å². The first-order valence-corrected chi connectivity index (χ1v) is 6.49. The van der Waals surface area contributed by atoms with Crippen LogP contribution in [-0.2, 0) is 6.42 Å². The summed E-state index contributed by atoms with van der Waals surface area (Å²) in [5.41, 5.74) is 7.06. The van der Waals surface area contributed by atoms with Gasteiger partial charge in [0.2, 0.25) is 0 Å². The van der Waals surface area contributed by atoms with Crippen molar-refractivity contribution >= 4 is 0 Å². The normalized spacial score (nSPS) is 14.0. The fourth-order valence-electron chi connectivity index (χ4n) is 2.20. The van der Waals surface area contributed by atoms with Crippen LogP contribution in [0.1, 0.15) is 30.5 Å². The SMILES string of the molecule is Cc1cccc(C)c1CC(NN)C(C)(C)N(C)C. The van der Waals surface area contributed by atoms with E-state index in [-0.39, 0.29) is 11.6 Å². The highest BCUT2D eigenvalue weighted by atomic mass is 15.3. The Kier molecular flexibility index (Phi) is 4.91. The van der Waals surface area contributed by atoms with Gasteiger partial charge in [-0.25, -0.2) is 0 Å². The van der Waals surface area contributed by atoms with Gasteiger partial charge in [-0.1, -0.05) is 18.2 Å². The molecule has 0 spiro atoms. The summed E-state index contributed by atoms with van der Waals surface area (Å²) in [6.45, 7) is 8.76. The van der Waals surface area contributed by atoms with Crippen LogP contribution in [0.4, 0.5) is 0 Å². The molecule has 1 unspecified atom stereocenters. The molecular weight excluding hydrogens is 222 g/mol. The number of nitrogens with two attached hydrogens (primary N) is 1. The van der Waals surface area contributed by atoms with Crippen LogP contribution in [0.5, 0.6) is 0 Å². The number of aryl methyl sites for hydroxylation is 2. The Morgan fingerprint density at radius 2 is 1.72 bits per heavy atom. The molecule has 0 aliphatic heterocycles. The minimum absolute atomic E-state index is 0.00344. The summed E-state index contributed by atoms with van der Waals surface area (Å²) >= 11 is 0. The lowest BCUT2D eigenvalue weighted by Gasteiger charge is -2.40. The van der Waals surface area contributed by atoms with Gasteiger partial charge in [0.1, 0.15) is 0 Å². The second-order valence-corrected chi connectivity index (χ2v) is 5.84. The van der Waals surface area contributed by atoms with Crippen molar-refractivity contribution in [3.63, 3.8) is 0 Å². The van der Waals surface area contributed by atoms with E-state index < -0.39 is 0 Å². The Hall–Kier alpha value is -0.900. The maximum Gasteiger partial charge on any atom is 0.0429 e. The number of rotatable bonds is 5. The first-order valence-electron chi connectivity index (χ1n) is 6.49. The number of likely N-dealkylation sites (N-methyl/N-ethyl adjacent to an activating group) is 1. The Morgan fingerprint density at radius 3 is 2.11 bits per heavy atom. The molecule has 0 heterocycles. The van der Waals surface area contributed by atoms with Gasteiger partial charge in [-0.2, -0.15) is 0 Å². The van der Waals surface area contributed by atoms with Gasteiger partial charge in [-0.05, 0) is 64.9 Å². The molecule has 0 aliphatic rings. The average molecular weight is 249 g/mol. The van der Waals surface area contributed by atoms with E-state index in [9.17, 15) is 0 Å². The Bertz CT molecular complexity index is 376. The quantitative estimate of drug-likeness (QED) is 0.619. The van der Waals surface area contributed by atoms with Gasteiger partial charge < -0.3 is 4.90 Å². The highest BCUT2D eigenvalue weighted by molar-refractivity contribution is 5.34. The van der Waals surface area contributed by atoms with Crippen LogP contribution in [0, 0.1) is 13.8 Å².